The Balaban J connectivity index is 1.44. The fourth-order valence-electron chi connectivity index (χ4n) is 4.83. The third-order valence-electron chi connectivity index (χ3n) is 6.53. The van der Waals surface area contributed by atoms with Crippen LogP contribution in [-0.4, -0.2) is 34.6 Å². The number of ether oxygens (including phenoxy) is 2. The molecular formula is C24H24N4O4. The first-order valence-electron chi connectivity index (χ1n) is 11.1. The van der Waals surface area contributed by atoms with Gasteiger partial charge in [0.1, 0.15) is 22.8 Å². The molecule has 1 saturated carbocycles. The molecule has 0 spiro atoms. The minimum atomic E-state index is -0.232. The van der Waals surface area contributed by atoms with Crippen molar-refractivity contribution in [2.75, 3.05) is 18.5 Å². The molecule has 1 aromatic heterocycles. The quantitative estimate of drug-likeness (QED) is 0.645. The van der Waals surface area contributed by atoms with Gasteiger partial charge in [0.05, 0.1) is 17.8 Å². The minimum absolute atomic E-state index is 0.0293. The lowest BCUT2D eigenvalue weighted by Crippen LogP contribution is -2.26. The zero-order chi connectivity index (χ0) is 21.8. The Hall–Kier alpha value is -3.55. The summed E-state index contributed by atoms with van der Waals surface area (Å²) in [6.07, 6.45) is 3.60. The van der Waals surface area contributed by atoms with E-state index in [1.54, 1.807) is 0 Å². The van der Waals surface area contributed by atoms with Crippen LogP contribution in [0.3, 0.4) is 0 Å². The van der Waals surface area contributed by atoms with Crippen LogP contribution in [0.4, 0.5) is 5.69 Å². The summed E-state index contributed by atoms with van der Waals surface area (Å²) >= 11 is 0. The molecule has 1 aliphatic carbocycles. The first-order valence-corrected chi connectivity index (χ1v) is 11.1. The standard InChI is InChI=1S/C24H24N4O4/c25-23(30)16(14-2-3-14)8-13-9-18-22-20(10-13)31-7-1-6-28(22)24(27-18)15-4-5-19-17(11-15)26-21(29)12-32-19/h4-5,9-11,14,16H,1-3,6-8,12H2,(H2,25,30)(H,26,29)/t16-/m0/s1. The predicted molar refractivity (Wildman–Crippen MR) is 119 cm³/mol. The van der Waals surface area contributed by atoms with Gasteiger partial charge in [0.2, 0.25) is 5.91 Å². The number of amides is 2. The average molecular weight is 432 g/mol. The summed E-state index contributed by atoms with van der Waals surface area (Å²) in [7, 11) is 0. The van der Waals surface area contributed by atoms with Gasteiger partial charge in [-0.05, 0) is 67.5 Å². The molecule has 0 saturated heterocycles. The first kappa shape index (κ1) is 19.2. The van der Waals surface area contributed by atoms with E-state index >= 15 is 0 Å². The molecule has 2 aromatic carbocycles. The van der Waals surface area contributed by atoms with Crippen LogP contribution < -0.4 is 20.5 Å². The van der Waals surface area contributed by atoms with Crippen LogP contribution in [0, 0.1) is 11.8 Å². The van der Waals surface area contributed by atoms with Crippen molar-refractivity contribution in [3.8, 4) is 22.9 Å². The normalized spacial score (nSPS) is 18.2. The maximum atomic E-state index is 12.0. The van der Waals surface area contributed by atoms with Gasteiger partial charge in [0.25, 0.3) is 5.91 Å². The number of aromatic nitrogens is 2. The number of primary amides is 1. The molecule has 2 amide bonds. The van der Waals surface area contributed by atoms with Gasteiger partial charge in [-0.1, -0.05) is 0 Å². The van der Waals surface area contributed by atoms with E-state index in [4.69, 9.17) is 20.2 Å². The Morgan fingerprint density at radius 2 is 2.09 bits per heavy atom. The van der Waals surface area contributed by atoms with Crippen LogP contribution in [0.15, 0.2) is 30.3 Å². The topological polar surface area (TPSA) is 108 Å². The highest BCUT2D eigenvalue weighted by Crippen LogP contribution is 2.41. The number of nitrogens with zero attached hydrogens (tertiary/aromatic N) is 2. The van der Waals surface area contributed by atoms with Crippen LogP contribution in [0.5, 0.6) is 11.5 Å². The molecule has 3 aromatic rings. The van der Waals surface area contributed by atoms with E-state index in [-0.39, 0.29) is 24.3 Å². The number of benzene rings is 2. The second-order valence-corrected chi connectivity index (χ2v) is 8.85. The summed E-state index contributed by atoms with van der Waals surface area (Å²) in [4.78, 5) is 28.7. The zero-order valence-electron chi connectivity index (χ0n) is 17.6. The number of nitrogens with two attached hydrogens (primary N) is 1. The van der Waals surface area contributed by atoms with Crippen LogP contribution >= 0.6 is 0 Å². The number of carbonyl (C=O) groups is 2. The summed E-state index contributed by atoms with van der Waals surface area (Å²) in [5.41, 5.74) is 10.1. The molecule has 164 valence electrons. The van der Waals surface area contributed by atoms with Crippen LogP contribution in [0.2, 0.25) is 0 Å². The third kappa shape index (κ3) is 3.26. The second kappa shape index (κ2) is 7.25. The van der Waals surface area contributed by atoms with Crippen LogP contribution in [-0.2, 0) is 22.6 Å². The Morgan fingerprint density at radius 1 is 1.22 bits per heavy atom. The molecule has 1 atom stereocenters. The van der Waals surface area contributed by atoms with Crippen molar-refractivity contribution in [3.05, 3.63) is 35.9 Å². The first-order chi connectivity index (χ1) is 15.6. The lowest BCUT2D eigenvalue weighted by molar-refractivity contribution is -0.122. The van der Waals surface area contributed by atoms with Gasteiger partial charge in [0.15, 0.2) is 6.61 Å². The summed E-state index contributed by atoms with van der Waals surface area (Å²) < 4.78 is 13.8. The van der Waals surface area contributed by atoms with Gasteiger partial charge >= 0.3 is 0 Å². The monoisotopic (exact) mass is 432 g/mol. The number of imidazole rings is 1. The Kier molecular flexibility index (Phi) is 4.34. The Labute approximate surface area is 184 Å². The van der Waals surface area contributed by atoms with Gasteiger partial charge < -0.3 is 25.1 Å². The maximum absolute atomic E-state index is 12.0. The summed E-state index contributed by atoms with van der Waals surface area (Å²) in [5.74, 6) is 2.12. The fraction of sp³-hybridized carbons (Fsp3) is 0.375. The van der Waals surface area contributed by atoms with E-state index < -0.39 is 0 Å². The van der Waals surface area contributed by atoms with E-state index in [0.29, 0.717) is 30.4 Å². The van der Waals surface area contributed by atoms with Gasteiger partial charge in [0, 0.05) is 18.0 Å². The molecule has 8 nitrogen and oxygen atoms in total. The Bertz CT molecular complexity index is 1260. The Morgan fingerprint density at radius 3 is 2.91 bits per heavy atom. The van der Waals surface area contributed by atoms with Crippen molar-refractivity contribution in [1.29, 1.82) is 0 Å². The zero-order valence-corrected chi connectivity index (χ0v) is 17.6. The van der Waals surface area contributed by atoms with E-state index in [1.165, 1.54) is 0 Å². The summed E-state index contributed by atoms with van der Waals surface area (Å²) in [6.45, 7) is 1.43. The van der Waals surface area contributed by atoms with Crippen molar-refractivity contribution >= 4 is 28.5 Å². The molecule has 1 fully saturated rings. The highest BCUT2D eigenvalue weighted by Gasteiger charge is 2.35. The number of hydrogen-bond donors (Lipinski definition) is 2. The van der Waals surface area contributed by atoms with Crippen LogP contribution in [0.1, 0.15) is 24.8 Å². The molecule has 3 aliphatic rings. The number of hydrogen-bond acceptors (Lipinski definition) is 5. The number of fused-ring (bicyclic) bond motifs is 1. The van der Waals surface area contributed by atoms with E-state index in [1.807, 2.05) is 24.3 Å². The van der Waals surface area contributed by atoms with E-state index in [2.05, 4.69) is 16.0 Å². The van der Waals surface area contributed by atoms with Gasteiger partial charge in [-0.25, -0.2) is 4.98 Å². The lowest BCUT2D eigenvalue weighted by atomic mass is 9.94. The van der Waals surface area contributed by atoms with E-state index in [0.717, 1.165) is 59.5 Å². The molecule has 0 unspecified atom stereocenters. The average Bonchev–Trinajstić information content (AvgIpc) is 3.57. The van der Waals surface area contributed by atoms with Crippen molar-refractivity contribution in [1.82, 2.24) is 9.55 Å². The molecular weight excluding hydrogens is 408 g/mol. The largest absolute Gasteiger partial charge is 0.491 e. The van der Waals surface area contributed by atoms with Crippen molar-refractivity contribution in [3.63, 3.8) is 0 Å². The second-order valence-electron chi connectivity index (χ2n) is 8.85. The molecule has 32 heavy (non-hydrogen) atoms. The predicted octanol–water partition coefficient (Wildman–Crippen LogP) is 2.87. The molecule has 0 radical (unpaired) electrons. The van der Waals surface area contributed by atoms with Crippen molar-refractivity contribution in [2.45, 2.75) is 32.2 Å². The number of carbonyl (C=O) groups excluding carboxylic acids is 2. The molecule has 3 N–H and O–H groups in total. The fourth-order valence-corrected chi connectivity index (χ4v) is 4.83. The minimum Gasteiger partial charge on any atom is -0.491 e. The third-order valence-corrected chi connectivity index (χ3v) is 6.53. The van der Waals surface area contributed by atoms with E-state index in [9.17, 15) is 9.59 Å². The van der Waals surface area contributed by atoms with Crippen LogP contribution in [0.25, 0.3) is 22.4 Å². The lowest BCUT2D eigenvalue weighted by Gasteiger charge is -2.18. The molecule has 0 bridgehead atoms. The van der Waals surface area contributed by atoms with Crippen molar-refractivity contribution in [2.24, 2.45) is 17.6 Å². The molecule has 8 heteroatoms. The number of anilines is 1. The van der Waals surface area contributed by atoms with Gasteiger partial charge in [-0.15, -0.1) is 0 Å². The SMILES string of the molecule is NC(=O)[C@@H](Cc1cc2c3c(c1)nc(-c1ccc4c(c1)NC(=O)CO4)n3CCCO2)C1CC1. The molecule has 2 aliphatic heterocycles. The number of rotatable bonds is 5. The highest BCUT2D eigenvalue weighted by atomic mass is 16.5. The number of aryl methyl sites for hydroxylation is 1. The highest BCUT2D eigenvalue weighted by molar-refractivity contribution is 5.96. The van der Waals surface area contributed by atoms with Crippen molar-refractivity contribution < 1.29 is 19.1 Å². The maximum Gasteiger partial charge on any atom is 0.262 e. The molecule has 3 heterocycles. The van der Waals surface area contributed by atoms with Gasteiger partial charge in [-0.3, -0.25) is 9.59 Å². The van der Waals surface area contributed by atoms with Gasteiger partial charge in [-0.2, -0.15) is 0 Å². The molecule has 6 rings (SSSR count). The summed E-state index contributed by atoms with van der Waals surface area (Å²) in [5, 5.41) is 2.87. The smallest absolute Gasteiger partial charge is 0.262 e. The number of nitrogens with one attached hydrogen (secondary N) is 1. The summed E-state index contributed by atoms with van der Waals surface area (Å²) in [6, 6.07) is 9.82.